The number of carbonyl (C=O) groups is 2. The van der Waals surface area contributed by atoms with Crippen LogP contribution in [-0.2, 0) is 20.8 Å². The molecule has 0 bridgehead atoms. The second-order valence-electron chi connectivity index (χ2n) is 11.1. The fourth-order valence-corrected chi connectivity index (χ4v) is 3.86. The quantitative estimate of drug-likeness (QED) is 0.460. The van der Waals surface area contributed by atoms with E-state index in [9.17, 15) is 9.59 Å². The number of carbonyl (C=O) groups excluding carboxylic acids is 2. The fraction of sp³-hybridized carbons (Fsp3) is 0.577. The second-order valence-corrected chi connectivity index (χ2v) is 11.1. The van der Waals surface area contributed by atoms with Gasteiger partial charge in [-0.05, 0) is 48.0 Å². The number of nitrogens with zero attached hydrogens (tertiary/aromatic N) is 8. The Hall–Kier alpha value is -3.87. The molecule has 39 heavy (non-hydrogen) atoms. The molecule has 0 unspecified atom stereocenters. The van der Waals surface area contributed by atoms with Gasteiger partial charge in [0.25, 0.3) is 0 Å². The summed E-state index contributed by atoms with van der Waals surface area (Å²) in [6.45, 7) is 15.6. The van der Waals surface area contributed by atoms with Crippen LogP contribution in [0.1, 0.15) is 54.9 Å². The number of imidazole rings is 1. The van der Waals surface area contributed by atoms with Crippen LogP contribution in [0.5, 0.6) is 0 Å². The van der Waals surface area contributed by atoms with Crippen molar-refractivity contribution in [3.8, 4) is 11.4 Å². The maximum atomic E-state index is 12.9. The lowest BCUT2D eigenvalue weighted by atomic mass is 10.2. The van der Waals surface area contributed by atoms with E-state index in [0.29, 0.717) is 59.6 Å². The first-order chi connectivity index (χ1) is 18.4. The third kappa shape index (κ3) is 6.77. The van der Waals surface area contributed by atoms with Crippen LogP contribution in [0, 0.1) is 0 Å². The van der Waals surface area contributed by atoms with Crippen LogP contribution in [0.15, 0.2) is 18.7 Å². The monoisotopic (exact) mass is 540 g/mol. The Balaban J connectivity index is 1.73. The largest absolute Gasteiger partial charge is 0.443 e. The first-order valence-corrected chi connectivity index (χ1v) is 13.0. The minimum Gasteiger partial charge on any atom is -0.443 e. The van der Waals surface area contributed by atoms with Gasteiger partial charge in [0.1, 0.15) is 11.2 Å². The van der Waals surface area contributed by atoms with E-state index in [1.807, 2.05) is 4.57 Å². The van der Waals surface area contributed by atoms with Crippen molar-refractivity contribution in [1.82, 2.24) is 29.5 Å². The fourth-order valence-electron chi connectivity index (χ4n) is 3.86. The number of ether oxygens (including phenoxy) is 3. The molecular weight excluding hydrogens is 504 g/mol. The van der Waals surface area contributed by atoms with Crippen molar-refractivity contribution in [2.45, 2.75) is 72.6 Å². The molecule has 1 aliphatic rings. The normalized spacial score (nSPS) is 14.4. The summed E-state index contributed by atoms with van der Waals surface area (Å²) in [5, 5.41) is 0. The third-order valence-electron chi connectivity index (χ3n) is 5.47. The summed E-state index contributed by atoms with van der Waals surface area (Å²) >= 11 is 0. The van der Waals surface area contributed by atoms with Crippen molar-refractivity contribution in [2.24, 2.45) is 0 Å². The molecule has 210 valence electrons. The number of aryl methyl sites for hydroxylation is 1. The Bertz CT molecular complexity index is 1290. The second kappa shape index (κ2) is 11.1. The van der Waals surface area contributed by atoms with Crippen molar-refractivity contribution in [3.63, 3.8) is 0 Å². The van der Waals surface area contributed by atoms with E-state index in [1.165, 1.54) is 12.4 Å². The molecule has 0 aromatic carbocycles. The summed E-state index contributed by atoms with van der Waals surface area (Å²) < 4.78 is 18.3. The van der Waals surface area contributed by atoms with Crippen molar-refractivity contribution >= 4 is 35.1 Å². The summed E-state index contributed by atoms with van der Waals surface area (Å²) in [5.41, 5.74) is 0.229. The van der Waals surface area contributed by atoms with Gasteiger partial charge in [0.2, 0.25) is 5.95 Å². The summed E-state index contributed by atoms with van der Waals surface area (Å²) in [7, 11) is 0. The van der Waals surface area contributed by atoms with Crippen LogP contribution in [-0.4, -0.2) is 79.2 Å². The molecule has 0 saturated carbocycles. The maximum absolute atomic E-state index is 12.9. The zero-order chi connectivity index (χ0) is 28.4. The molecule has 0 aliphatic carbocycles. The van der Waals surface area contributed by atoms with Crippen LogP contribution in [0.2, 0.25) is 0 Å². The number of fused-ring (bicyclic) bond motifs is 1. The van der Waals surface area contributed by atoms with Gasteiger partial charge in [-0.25, -0.2) is 34.5 Å². The highest BCUT2D eigenvalue weighted by atomic mass is 16.6. The minimum atomic E-state index is -0.944. The van der Waals surface area contributed by atoms with Crippen molar-refractivity contribution in [2.75, 3.05) is 36.1 Å². The third-order valence-corrected chi connectivity index (χ3v) is 5.47. The highest BCUT2D eigenvalue weighted by Gasteiger charge is 2.34. The lowest BCUT2D eigenvalue weighted by molar-refractivity contribution is 0.0427. The lowest BCUT2D eigenvalue weighted by Crippen LogP contribution is -2.44. The molecule has 0 spiro atoms. The molecule has 13 heteroatoms. The van der Waals surface area contributed by atoms with Gasteiger partial charge in [0.15, 0.2) is 22.8 Å². The van der Waals surface area contributed by atoms with Crippen molar-refractivity contribution in [3.05, 3.63) is 18.7 Å². The first-order valence-electron chi connectivity index (χ1n) is 13.0. The number of rotatable bonds is 5. The van der Waals surface area contributed by atoms with E-state index in [1.54, 1.807) is 47.9 Å². The Morgan fingerprint density at radius 1 is 0.949 bits per heavy atom. The zero-order valence-corrected chi connectivity index (χ0v) is 23.6. The molecule has 1 fully saturated rings. The molecule has 1 aliphatic heterocycles. The molecule has 0 radical (unpaired) electrons. The van der Waals surface area contributed by atoms with Crippen LogP contribution >= 0.6 is 0 Å². The van der Waals surface area contributed by atoms with Gasteiger partial charge in [-0.3, -0.25) is 0 Å². The Labute approximate surface area is 227 Å². The number of hydrogen-bond acceptors (Lipinski definition) is 11. The standard InChI is InChI=1S/C26H36N8O5/c1-8-9-33-16-29-18-20(32-10-12-37-13-11-32)30-19(31-21(18)33)17-14-27-22(28-15-17)34(23(35)38-25(2,3)4)24(36)39-26(5,6)7/h14-16H,8-13H2,1-7H3. The maximum Gasteiger partial charge on any atom is 0.427 e. The summed E-state index contributed by atoms with van der Waals surface area (Å²) in [6.07, 6.45) is 3.74. The Morgan fingerprint density at radius 3 is 2.08 bits per heavy atom. The SMILES string of the molecule is CCCn1cnc2c(N3CCOCC3)nc(-c3cnc(N(C(=O)OC(C)(C)C)C(=O)OC(C)(C)C)nc3)nc21. The van der Waals surface area contributed by atoms with Crippen molar-refractivity contribution < 1.29 is 23.8 Å². The topological polar surface area (TPSA) is 138 Å². The number of imide groups is 1. The summed E-state index contributed by atoms with van der Waals surface area (Å²) in [6, 6.07) is 0. The van der Waals surface area contributed by atoms with E-state index >= 15 is 0 Å². The van der Waals surface area contributed by atoms with Gasteiger partial charge >= 0.3 is 12.2 Å². The van der Waals surface area contributed by atoms with Gasteiger partial charge < -0.3 is 23.7 Å². The number of aromatic nitrogens is 6. The van der Waals surface area contributed by atoms with E-state index in [2.05, 4.69) is 26.8 Å². The van der Waals surface area contributed by atoms with E-state index < -0.39 is 23.4 Å². The van der Waals surface area contributed by atoms with Gasteiger partial charge in [-0.1, -0.05) is 6.92 Å². The molecule has 4 rings (SSSR count). The predicted octanol–water partition coefficient (Wildman–Crippen LogP) is 4.21. The van der Waals surface area contributed by atoms with Gasteiger partial charge in [-0.2, -0.15) is 0 Å². The molecule has 13 nitrogen and oxygen atoms in total. The van der Waals surface area contributed by atoms with Gasteiger partial charge in [0, 0.05) is 32.0 Å². The van der Waals surface area contributed by atoms with Crippen LogP contribution in [0.4, 0.5) is 21.4 Å². The predicted molar refractivity (Wildman–Crippen MR) is 145 cm³/mol. The van der Waals surface area contributed by atoms with Gasteiger partial charge in [-0.15, -0.1) is 4.90 Å². The number of morpholine rings is 1. The molecule has 1 saturated heterocycles. The molecule has 0 atom stereocenters. The average Bonchev–Trinajstić information content (AvgIpc) is 3.25. The van der Waals surface area contributed by atoms with Crippen molar-refractivity contribution in [1.29, 1.82) is 0 Å². The molecule has 3 aromatic rings. The lowest BCUT2D eigenvalue weighted by Gasteiger charge is -2.28. The van der Waals surface area contributed by atoms with Crippen LogP contribution < -0.4 is 9.80 Å². The van der Waals surface area contributed by atoms with E-state index in [-0.39, 0.29) is 5.95 Å². The molecular formula is C26H36N8O5. The number of hydrogen-bond donors (Lipinski definition) is 0. The zero-order valence-electron chi connectivity index (χ0n) is 23.6. The summed E-state index contributed by atoms with van der Waals surface area (Å²) in [5.74, 6) is 0.920. The van der Waals surface area contributed by atoms with E-state index in [4.69, 9.17) is 24.2 Å². The smallest absolute Gasteiger partial charge is 0.427 e. The van der Waals surface area contributed by atoms with E-state index in [0.717, 1.165) is 13.0 Å². The molecule has 0 N–H and O–H groups in total. The van der Waals surface area contributed by atoms with Gasteiger partial charge in [0.05, 0.1) is 25.1 Å². The molecule has 3 aromatic heterocycles. The Morgan fingerprint density at radius 2 is 1.54 bits per heavy atom. The molecule has 4 heterocycles. The summed E-state index contributed by atoms with van der Waals surface area (Å²) in [4.78, 5) is 51.5. The van der Waals surface area contributed by atoms with Crippen LogP contribution in [0.25, 0.3) is 22.6 Å². The van der Waals surface area contributed by atoms with Crippen LogP contribution in [0.3, 0.4) is 0 Å². The average molecular weight is 541 g/mol. The first kappa shape index (κ1) is 28.1. The highest BCUT2D eigenvalue weighted by Crippen LogP contribution is 2.28. The number of amides is 2. The Kier molecular flexibility index (Phi) is 8.00. The minimum absolute atomic E-state index is 0.187. The molecule has 2 amide bonds. The number of anilines is 2. The highest BCUT2D eigenvalue weighted by molar-refractivity contribution is 6.08.